The van der Waals surface area contributed by atoms with Crippen molar-refractivity contribution in [2.24, 2.45) is 5.92 Å². The molecule has 136 valence electrons. The number of hydrogen-bond donors (Lipinski definition) is 2. The molecule has 0 fully saturated rings. The Balaban J connectivity index is 2.18. The Kier molecular flexibility index (Phi) is 5.82. The second kappa shape index (κ2) is 7.68. The number of carbonyl (C=O) groups is 2. The van der Waals surface area contributed by atoms with E-state index < -0.39 is 0 Å². The summed E-state index contributed by atoms with van der Waals surface area (Å²) in [5.74, 6) is 0.724. The lowest BCUT2D eigenvalue weighted by Gasteiger charge is -2.21. The number of fused-ring (bicyclic) bond motifs is 1. The maximum Gasteiger partial charge on any atom is 0.240 e. The zero-order valence-electron chi connectivity index (χ0n) is 15.7. The average Bonchev–Trinajstić information content (AvgIpc) is 2.83. The lowest BCUT2D eigenvalue weighted by molar-refractivity contribution is -0.124. The Bertz CT molecular complexity index is 756. The van der Waals surface area contributed by atoms with E-state index in [9.17, 15) is 9.59 Å². The molecule has 2 aromatic rings. The summed E-state index contributed by atoms with van der Waals surface area (Å²) in [6.07, 6.45) is 0.579. The predicted octanol–water partition coefficient (Wildman–Crippen LogP) is 2.27. The van der Waals surface area contributed by atoms with Crippen molar-refractivity contribution < 1.29 is 9.59 Å². The summed E-state index contributed by atoms with van der Waals surface area (Å²) in [6.45, 7) is 10.3. The van der Waals surface area contributed by atoms with Gasteiger partial charge in [0.1, 0.15) is 12.4 Å². The molecule has 0 bridgehead atoms. The van der Waals surface area contributed by atoms with Gasteiger partial charge in [0, 0.05) is 24.4 Å². The van der Waals surface area contributed by atoms with Gasteiger partial charge in [-0.2, -0.15) is 0 Å². The Morgan fingerprint density at radius 3 is 2.52 bits per heavy atom. The van der Waals surface area contributed by atoms with E-state index in [2.05, 4.69) is 15.6 Å². The van der Waals surface area contributed by atoms with Crippen LogP contribution in [0.3, 0.4) is 0 Å². The van der Waals surface area contributed by atoms with Crippen LogP contribution in [0.5, 0.6) is 0 Å². The second-order valence-corrected chi connectivity index (χ2v) is 7.60. The SMILES string of the molecule is CC(C)C(=O)NCCc1nc2ccccc2n1CC(=O)NC(C)(C)C. The van der Waals surface area contributed by atoms with E-state index >= 15 is 0 Å². The standard InChI is InChI=1S/C19H28N4O2/c1-13(2)18(25)20-11-10-16-21-14-8-6-7-9-15(14)23(16)12-17(24)22-19(3,4)5/h6-9,13H,10-12H2,1-5H3,(H,20,25)(H,22,24). The highest BCUT2D eigenvalue weighted by Crippen LogP contribution is 2.16. The Morgan fingerprint density at radius 1 is 1.20 bits per heavy atom. The molecule has 2 N–H and O–H groups in total. The van der Waals surface area contributed by atoms with Crippen molar-refractivity contribution in [2.45, 2.75) is 53.1 Å². The fourth-order valence-corrected chi connectivity index (χ4v) is 2.60. The van der Waals surface area contributed by atoms with Crippen molar-refractivity contribution in [3.8, 4) is 0 Å². The highest BCUT2D eigenvalue weighted by Gasteiger charge is 2.18. The molecule has 1 aromatic carbocycles. The van der Waals surface area contributed by atoms with E-state index in [1.165, 1.54) is 0 Å². The van der Waals surface area contributed by atoms with Crippen LogP contribution in [-0.4, -0.2) is 33.4 Å². The van der Waals surface area contributed by atoms with Gasteiger partial charge < -0.3 is 15.2 Å². The van der Waals surface area contributed by atoms with Gasteiger partial charge in [-0.25, -0.2) is 4.98 Å². The lowest BCUT2D eigenvalue weighted by atomic mass is 10.1. The van der Waals surface area contributed by atoms with Crippen LogP contribution in [0.2, 0.25) is 0 Å². The zero-order chi connectivity index (χ0) is 18.6. The van der Waals surface area contributed by atoms with Crippen molar-refractivity contribution in [1.29, 1.82) is 0 Å². The van der Waals surface area contributed by atoms with E-state index in [-0.39, 0.29) is 29.8 Å². The number of carbonyl (C=O) groups excluding carboxylic acids is 2. The number of para-hydroxylation sites is 2. The summed E-state index contributed by atoms with van der Waals surface area (Å²) < 4.78 is 1.93. The van der Waals surface area contributed by atoms with Gasteiger partial charge in [0.05, 0.1) is 11.0 Å². The maximum absolute atomic E-state index is 12.4. The topological polar surface area (TPSA) is 76.0 Å². The molecule has 0 radical (unpaired) electrons. The minimum absolute atomic E-state index is 0.0214. The molecule has 0 aliphatic carbocycles. The van der Waals surface area contributed by atoms with Crippen LogP contribution in [0.15, 0.2) is 24.3 Å². The third-order valence-electron chi connectivity index (χ3n) is 3.72. The molecular weight excluding hydrogens is 316 g/mol. The first-order valence-corrected chi connectivity index (χ1v) is 8.70. The van der Waals surface area contributed by atoms with E-state index in [1.807, 2.05) is 63.5 Å². The number of nitrogens with one attached hydrogen (secondary N) is 2. The predicted molar refractivity (Wildman–Crippen MR) is 99.2 cm³/mol. The highest BCUT2D eigenvalue weighted by atomic mass is 16.2. The molecular formula is C19H28N4O2. The van der Waals surface area contributed by atoms with Crippen molar-refractivity contribution in [3.05, 3.63) is 30.1 Å². The van der Waals surface area contributed by atoms with Gasteiger partial charge in [0.2, 0.25) is 11.8 Å². The average molecular weight is 344 g/mol. The van der Waals surface area contributed by atoms with Gasteiger partial charge in [-0.15, -0.1) is 0 Å². The van der Waals surface area contributed by atoms with Crippen LogP contribution in [-0.2, 0) is 22.6 Å². The van der Waals surface area contributed by atoms with Crippen molar-refractivity contribution in [2.75, 3.05) is 6.54 Å². The first kappa shape index (κ1) is 19.0. The van der Waals surface area contributed by atoms with Crippen LogP contribution in [0.25, 0.3) is 11.0 Å². The molecule has 0 saturated heterocycles. The molecule has 0 saturated carbocycles. The monoisotopic (exact) mass is 344 g/mol. The Hall–Kier alpha value is -2.37. The van der Waals surface area contributed by atoms with E-state index in [0.717, 1.165) is 16.9 Å². The number of hydrogen-bond acceptors (Lipinski definition) is 3. The quantitative estimate of drug-likeness (QED) is 0.844. The molecule has 6 heteroatoms. The molecule has 1 heterocycles. The molecule has 0 unspecified atom stereocenters. The van der Waals surface area contributed by atoms with Crippen LogP contribution >= 0.6 is 0 Å². The van der Waals surface area contributed by atoms with Gasteiger partial charge in [-0.1, -0.05) is 26.0 Å². The Morgan fingerprint density at radius 2 is 1.88 bits per heavy atom. The van der Waals surface area contributed by atoms with Crippen molar-refractivity contribution >= 4 is 22.8 Å². The molecule has 0 spiro atoms. The van der Waals surface area contributed by atoms with Crippen molar-refractivity contribution in [3.63, 3.8) is 0 Å². The summed E-state index contributed by atoms with van der Waals surface area (Å²) in [4.78, 5) is 28.7. The lowest BCUT2D eigenvalue weighted by Crippen LogP contribution is -2.42. The minimum atomic E-state index is -0.279. The molecule has 0 atom stereocenters. The third kappa shape index (κ3) is 5.31. The van der Waals surface area contributed by atoms with Gasteiger partial charge in [0.15, 0.2) is 0 Å². The first-order valence-electron chi connectivity index (χ1n) is 8.70. The molecule has 0 aliphatic heterocycles. The first-order chi connectivity index (χ1) is 11.7. The fourth-order valence-electron chi connectivity index (χ4n) is 2.60. The molecule has 0 aliphatic rings. The highest BCUT2D eigenvalue weighted by molar-refractivity contribution is 5.81. The number of rotatable bonds is 6. The van der Waals surface area contributed by atoms with E-state index in [0.29, 0.717) is 13.0 Å². The van der Waals surface area contributed by atoms with Crippen LogP contribution in [0, 0.1) is 5.92 Å². The van der Waals surface area contributed by atoms with E-state index in [1.54, 1.807) is 0 Å². The molecule has 1 aromatic heterocycles. The van der Waals surface area contributed by atoms with Crippen LogP contribution < -0.4 is 10.6 Å². The summed E-state index contributed by atoms with van der Waals surface area (Å²) in [5.41, 5.74) is 1.51. The summed E-state index contributed by atoms with van der Waals surface area (Å²) in [7, 11) is 0. The summed E-state index contributed by atoms with van der Waals surface area (Å²) in [6, 6.07) is 7.76. The zero-order valence-corrected chi connectivity index (χ0v) is 15.7. The van der Waals surface area contributed by atoms with Crippen LogP contribution in [0.4, 0.5) is 0 Å². The molecule has 25 heavy (non-hydrogen) atoms. The van der Waals surface area contributed by atoms with E-state index in [4.69, 9.17) is 0 Å². The summed E-state index contributed by atoms with van der Waals surface area (Å²) in [5, 5.41) is 5.88. The smallest absolute Gasteiger partial charge is 0.240 e. The van der Waals surface area contributed by atoms with Gasteiger partial charge in [-0.05, 0) is 32.9 Å². The normalized spacial score (nSPS) is 11.8. The largest absolute Gasteiger partial charge is 0.355 e. The number of amides is 2. The fraction of sp³-hybridized carbons (Fsp3) is 0.526. The Labute approximate surface area is 149 Å². The number of aromatic nitrogens is 2. The van der Waals surface area contributed by atoms with Gasteiger partial charge in [0.25, 0.3) is 0 Å². The maximum atomic E-state index is 12.4. The van der Waals surface area contributed by atoms with Gasteiger partial charge in [-0.3, -0.25) is 9.59 Å². The molecule has 2 amide bonds. The number of nitrogens with zero attached hydrogens (tertiary/aromatic N) is 2. The third-order valence-corrected chi connectivity index (χ3v) is 3.72. The minimum Gasteiger partial charge on any atom is -0.355 e. The summed E-state index contributed by atoms with van der Waals surface area (Å²) >= 11 is 0. The number of imidazole rings is 1. The van der Waals surface area contributed by atoms with Gasteiger partial charge >= 0.3 is 0 Å². The number of benzene rings is 1. The molecule has 6 nitrogen and oxygen atoms in total. The van der Waals surface area contributed by atoms with Crippen LogP contribution in [0.1, 0.15) is 40.4 Å². The van der Waals surface area contributed by atoms with Crippen molar-refractivity contribution in [1.82, 2.24) is 20.2 Å². The molecule has 2 rings (SSSR count). The second-order valence-electron chi connectivity index (χ2n) is 7.60.